The molecule has 2 amide bonds. The van der Waals surface area contributed by atoms with Gasteiger partial charge in [0, 0.05) is 14.1 Å². The van der Waals surface area contributed by atoms with Crippen LogP contribution in [0, 0.1) is 17.8 Å². The lowest BCUT2D eigenvalue weighted by molar-refractivity contribution is -0.132. The van der Waals surface area contributed by atoms with Crippen LogP contribution in [0.5, 0.6) is 0 Å². The Morgan fingerprint density at radius 3 is 2.28 bits per heavy atom. The first kappa shape index (κ1) is 14.9. The summed E-state index contributed by atoms with van der Waals surface area (Å²) in [6, 6.07) is 0. The first-order valence-corrected chi connectivity index (χ1v) is 7.54. The largest absolute Gasteiger partial charge is 0.349 e. The third kappa shape index (κ3) is 3.97. The molecular weight excluding hydrogens is 256 g/mol. The van der Waals surface area contributed by atoms with Gasteiger partial charge in [-0.15, -0.1) is 0 Å². The maximum atomic E-state index is 11.7. The molecule has 2 atom stereocenters. The van der Waals surface area contributed by atoms with Gasteiger partial charge in [0.05, 0.1) is 17.6 Å². The van der Waals surface area contributed by atoms with Crippen molar-refractivity contribution in [1.29, 1.82) is 0 Å². The number of carbonyl (C=O) groups excluding carboxylic acids is 2. The van der Waals surface area contributed by atoms with E-state index in [9.17, 15) is 18.0 Å². The van der Waals surface area contributed by atoms with Crippen molar-refractivity contribution in [3.8, 4) is 0 Å². The fraction of sp³-hybridized carbons (Fsp3) is 0.818. The molecule has 1 aliphatic rings. The van der Waals surface area contributed by atoms with E-state index in [-0.39, 0.29) is 23.5 Å². The Morgan fingerprint density at radius 2 is 1.83 bits per heavy atom. The molecule has 7 heteroatoms. The van der Waals surface area contributed by atoms with Crippen LogP contribution in [0.2, 0.25) is 0 Å². The van der Waals surface area contributed by atoms with Crippen LogP contribution in [-0.2, 0) is 19.6 Å². The van der Waals surface area contributed by atoms with Gasteiger partial charge < -0.3 is 4.90 Å². The zero-order valence-corrected chi connectivity index (χ0v) is 12.0. The molecule has 1 fully saturated rings. The number of sulfonamides is 1. The molecule has 6 nitrogen and oxygen atoms in total. The predicted molar refractivity (Wildman–Crippen MR) is 67.1 cm³/mol. The van der Waals surface area contributed by atoms with Gasteiger partial charge in [-0.2, -0.15) is 0 Å². The molecule has 1 saturated carbocycles. The van der Waals surface area contributed by atoms with Crippen LogP contribution in [0.4, 0.5) is 0 Å². The van der Waals surface area contributed by atoms with Crippen LogP contribution >= 0.6 is 0 Å². The molecule has 0 aromatic carbocycles. The number of hydrogen-bond acceptors (Lipinski definition) is 4. The van der Waals surface area contributed by atoms with E-state index in [1.807, 2.05) is 4.72 Å². The zero-order valence-electron chi connectivity index (χ0n) is 11.1. The van der Waals surface area contributed by atoms with Crippen LogP contribution in [0.15, 0.2) is 0 Å². The van der Waals surface area contributed by atoms with Crippen LogP contribution in [0.3, 0.4) is 0 Å². The molecule has 0 bridgehead atoms. The number of rotatable bonds is 5. The monoisotopic (exact) mass is 276 g/mol. The van der Waals surface area contributed by atoms with Crippen molar-refractivity contribution in [3.63, 3.8) is 0 Å². The summed E-state index contributed by atoms with van der Waals surface area (Å²) in [6.45, 7) is 3.53. The van der Waals surface area contributed by atoms with Crippen LogP contribution in [0.25, 0.3) is 0 Å². The van der Waals surface area contributed by atoms with E-state index in [2.05, 4.69) is 0 Å². The molecule has 0 saturated heterocycles. The molecule has 1 rings (SSSR count). The summed E-state index contributed by atoms with van der Waals surface area (Å²) in [6.07, 6.45) is 0.431. The summed E-state index contributed by atoms with van der Waals surface area (Å²) >= 11 is 0. The molecule has 1 aliphatic carbocycles. The van der Waals surface area contributed by atoms with Gasteiger partial charge in [-0.1, -0.05) is 13.8 Å². The summed E-state index contributed by atoms with van der Waals surface area (Å²) in [5, 5.41) is 0. The highest BCUT2D eigenvalue weighted by atomic mass is 32.2. The number of amides is 2. The minimum absolute atomic E-state index is 0.0475. The van der Waals surface area contributed by atoms with Gasteiger partial charge in [-0.25, -0.2) is 8.42 Å². The van der Waals surface area contributed by atoms with Gasteiger partial charge in [0.25, 0.3) is 0 Å². The van der Waals surface area contributed by atoms with Crippen molar-refractivity contribution in [1.82, 2.24) is 9.62 Å². The number of hydrogen-bond donors (Lipinski definition) is 1. The van der Waals surface area contributed by atoms with Gasteiger partial charge in [0.2, 0.25) is 21.8 Å². The van der Waals surface area contributed by atoms with E-state index in [1.165, 1.54) is 4.90 Å². The topological polar surface area (TPSA) is 83.5 Å². The van der Waals surface area contributed by atoms with Crippen molar-refractivity contribution < 1.29 is 18.0 Å². The molecule has 0 aromatic rings. The van der Waals surface area contributed by atoms with Gasteiger partial charge in [-0.05, 0) is 12.3 Å². The van der Waals surface area contributed by atoms with Crippen molar-refractivity contribution in [2.24, 2.45) is 17.8 Å². The lowest BCUT2D eigenvalue weighted by Crippen LogP contribution is -2.36. The van der Waals surface area contributed by atoms with Crippen molar-refractivity contribution >= 4 is 21.8 Å². The third-order valence-corrected chi connectivity index (χ3v) is 4.31. The Bertz CT molecular complexity index is 442. The molecule has 18 heavy (non-hydrogen) atoms. The zero-order chi connectivity index (χ0) is 14.1. The fourth-order valence-electron chi connectivity index (χ4n) is 1.80. The second-order valence-corrected chi connectivity index (χ2v) is 7.09. The van der Waals surface area contributed by atoms with Crippen LogP contribution in [-0.4, -0.2) is 45.0 Å². The first-order valence-electron chi connectivity index (χ1n) is 5.89. The van der Waals surface area contributed by atoms with Crippen molar-refractivity contribution in [2.75, 3.05) is 19.8 Å². The van der Waals surface area contributed by atoms with E-state index in [0.29, 0.717) is 6.42 Å². The predicted octanol–water partition coefficient (Wildman–Crippen LogP) is -0.187. The number of carbonyl (C=O) groups is 2. The minimum Gasteiger partial charge on any atom is -0.349 e. The summed E-state index contributed by atoms with van der Waals surface area (Å²) < 4.78 is 25.2. The second kappa shape index (κ2) is 5.26. The van der Waals surface area contributed by atoms with E-state index >= 15 is 0 Å². The Balaban J connectivity index is 2.52. The molecular formula is C11H20N2O4S. The van der Waals surface area contributed by atoms with Gasteiger partial charge in [0.1, 0.15) is 0 Å². The Kier molecular flexibility index (Phi) is 4.37. The molecule has 104 valence electrons. The highest BCUT2D eigenvalue weighted by Gasteiger charge is 2.49. The SMILES string of the molecule is CC(C)CS(=O)(=O)NC(=O)[C@@H]1C[C@@H]1C(=O)N(C)C. The number of nitrogens with zero attached hydrogens (tertiary/aromatic N) is 1. The van der Waals surface area contributed by atoms with E-state index in [0.717, 1.165) is 0 Å². The highest BCUT2D eigenvalue weighted by Crippen LogP contribution is 2.39. The quantitative estimate of drug-likeness (QED) is 0.754. The maximum Gasteiger partial charge on any atom is 0.237 e. The van der Waals surface area contributed by atoms with Crippen LogP contribution < -0.4 is 4.72 Å². The third-order valence-electron chi connectivity index (χ3n) is 2.69. The Morgan fingerprint density at radius 1 is 1.28 bits per heavy atom. The molecule has 0 unspecified atom stereocenters. The Hall–Kier alpha value is -1.11. The fourth-order valence-corrected chi connectivity index (χ4v) is 3.22. The van der Waals surface area contributed by atoms with Gasteiger partial charge in [-0.3, -0.25) is 14.3 Å². The number of nitrogens with one attached hydrogen (secondary N) is 1. The standard InChI is InChI=1S/C11H20N2O4S/c1-7(2)6-18(16,17)12-10(14)8-5-9(8)11(15)13(3)4/h7-9H,5-6H2,1-4H3,(H,12,14)/t8-,9+/m1/s1. The van der Waals surface area contributed by atoms with Crippen molar-refractivity contribution in [3.05, 3.63) is 0 Å². The van der Waals surface area contributed by atoms with Gasteiger partial charge >= 0.3 is 0 Å². The molecule has 0 spiro atoms. The van der Waals surface area contributed by atoms with Crippen molar-refractivity contribution in [2.45, 2.75) is 20.3 Å². The first-order chi connectivity index (χ1) is 8.14. The lowest BCUT2D eigenvalue weighted by atomic mass is 10.3. The molecule has 0 aromatic heterocycles. The average Bonchev–Trinajstić information content (AvgIpc) is 2.92. The van der Waals surface area contributed by atoms with E-state index < -0.39 is 21.8 Å². The molecule has 0 heterocycles. The average molecular weight is 276 g/mol. The van der Waals surface area contributed by atoms with Crippen LogP contribution in [0.1, 0.15) is 20.3 Å². The van der Waals surface area contributed by atoms with E-state index in [4.69, 9.17) is 0 Å². The Labute approximate surface area is 108 Å². The normalized spacial score (nSPS) is 22.7. The molecule has 1 N–H and O–H groups in total. The van der Waals surface area contributed by atoms with E-state index in [1.54, 1.807) is 27.9 Å². The summed E-state index contributed by atoms with van der Waals surface area (Å²) in [5.41, 5.74) is 0. The summed E-state index contributed by atoms with van der Waals surface area (Å²) in [7, 11) is -0.347. The van der Waals surface area contributed by atoms with Gasteiger partial charge in [0.15, 0.2) is 0 Å². The smallest absolute Gasteiger partial charge is 0.237 e. The lowest BCUT2D eigenvalue weighted by Gasteiger charge is -2.10. The molecule has 0 radical (unpaired) electrons. The maximum absolute atomic E-state index is 11.7. The second-order valence-electron chi connectivity index (χ2n) is 5.32. The molecule has 0 aliphatic heterocycles. The summed E-state index contributed by atoms with van der Waals surface area (Å²) in [5.74, 6) is -1.69. The highest BCUT2D eigenvalue weighted by molar-refractivity contribution is 7.90. The minimum atomic E-state index is -3.58. The summed E-state index contributed by atoms with van der Waals surface area (Å²) in [4.78, 5) is 24.7.